The normalized spacial score (nSPS) is 19.1. The van der Waals surface area contributed by atoms with E-state index in [1.165, 1.54) is 0 Å². The molecule has 106 valence electrons. The molecule has 19 heavy (non-hydrogen) atoms. The maximum Gasteiger partial charge on any atom is 0.150 e. The van der Waals surface area contributed by atoms with Gasteiger partial charge in [0.1, 0.15) is 27.3 Å². The number of hydrogen-bond donors (Lipinski definition) is 3. The number of aryl methyl sites for hydroxylation is 1. The molecule has 0 spiro atoms. The first kappa shape index (κ1) is 14.0. The van der Waals surface area contributed by atoms with Gasteiger partial charge in [0.2, 0.25) is 0 Å². The molecule has 0 aromatic carbocycles. The van der Waals surface area contributed by atoms with Gasteiger partial charge in [0.25, 0.3) is 0 Å². The molecule has 0 unspecified atom stereocenters. The zero-order valence-corrected chi connectivity index (χ0v) is 11.9. The Morgan fingerprint density at radius 1 is 1.16 bits per heavy atom. The second-order valence-corrected chi connectivity index (χ2v) is 7.11. The molecule has 1 aliphatic heterocycles. The smallest absolute Gasteiger partial charge is 0.150 e. The molecule has 0 saturated carbocycles. The molecular weight excluding hydrogens is 266 g/mol. The van der Waals surface area contributed by atoms with Crippen molar-refractivity contribution in [1.82, 2.24) is 9.97 Å². The molecule has 0 aliphatic carbocycles. The predicted octanol–water partition coefficient (Wildman–Crippen LogP) is 0.368. The highest BCUT2D eigenvalue weighted by Crippen LogP contribution is 2.22. The van der Waals surface area contributed by atoms with Gasteiger partial charge in [-0.1, -0.05) is 0 Å². The van der Waals surface area contributed by atoms with Crippen molar-refractivity contribution in [2.45, 2.75) is 32.7 Å². The van der Waals surface area contributed by atoms with E-state index in [2.05, 4.69) is 20.7 Å². The van der Waals surface area contributed by atoms with Crippen LogP contribution in [-0.2, 0) is 9.84 Å². The molecule has 1 aromatic rings. The fraction of sp³-hybridized carbons (Fsp3) is 0.636. The summed E-state index contributed by atoms with van der Waals surface area (Å²) in [6.45, 7) is 3.66. The first-order valence-corrected chi connectivity index (χ1v) is 8.02. The average molecular weight is 285 g/mol. The minimum absolute atomic E-state index is 0.127. The summed E-state index contributed by atoms with van der Waals surface area (Å²) >= 11 is 0. The highest BCUT2D eigenvalue weighted by atomic mass is 32.2. The number of nitrogens with one attached hydrogen (secondary N) is 2. The van der Waals surface area contributed by atoms with E-state index in [1.54, 1.807) is 6.92 Å². The Kier molecular flexibility index (Phi) is 3.91. The summed E-state index contributed by atoms with van der Waals surface area (Å²) in [4.78, 5) is 8.53. The van der Waals surface area contributed by atoms with Crippen LogP contribution in [0.5, 0.6) is 0 Å². The third kappa shape index (κ3) is 3.32. The summed E-state index contributed by atoms with van der Waals surface area (Å²) in [6.07, 6.45) is 1.21. The number of anilines is 2. The average Bonchev–Trinajstić information content (AvgIpc) is 2.35. The van der Waals surface area contributed by atoms with Crippen LogP contribution in [0.25, 0.3) is 0 Å². The lowest BCUT2D eigenvalue weighted by Gasteiger charge is -2.24. The Labute approximate surface area is 112 Å². The Hall–Kier alpha value is -1.41. The van der Waals surface area contributed by atoms with Crippen molar-refractivity contribution < 1.29 is 8.42 Å². The van der Waals surface area contributed by atoms with Gasteiger partial charge in [-0.15, -0.1) is 0 Å². The van der Waals surface area contributed by atoms with E-state index in [0.717, 1.165) is 5.56 Å². The zero-order valence-electron chi connectivity index (χ0n) is 11.1. The molecule has 8 heteroatoms. The van der Waals surface area contributed by atoms with Crippen molar-refractivity contribution in [3.05, 3.63) is 11.4 Å². The topological polar surface area (TPSA) is 110 Å². The summed E-state index contributed by atoms with van der Waals surface area (Å²) in [5.41, 5.74) is 3.37. The lowest BCUT2D eigenvalue weighted by molar-refractivity contribution is 0.559. The molecule has 1 fully saturated rings. The van der Waals surface area contributed by atoms with Gasteiger partial charge in [-0.3, -0.25) is 0 Å². The van der Waals surface area contributed by atoms with Crippen LogP contribution in [0.4, 0.5) is 11.6 Å². The maximum atomic E-state index is 11.4. The van der Waals surface area contributed by atoms with Crippen LogP contribution in [0.2, 0.25) is 0 Å². The van der Waals surface area contributed by atoms with Gasteiger partial charge in [0, 0.05) is 11.6 Å². The van der Waals surface area contributed by atoms with Crippen molar-refractivity contribution in [1.29, 1.82) is 0 Å². The van der Waals surface area contributed by atoms with Gasteiger partial charge < -0.3 is 10.7 Å². The van der Waals surface area contributed by atoms with E-state index in [9.17, 15) is 8.42 Å². The Morgan fingerprint density at radius 2 is 1.74 bits per heavy atom. The fourth-order valence-electron chi connectivity index (χ4n) is 2.14. The number of sulfone groups is 1. The lowest BCUT2D eigenvalue weighted by Crippen LogP contribution is -2.32. The van der Waals surface area contributed by atoms with Crippen molar-refractivity contribution >= 4 is 21.5 Å². The van der Waals surface area contributed by atoms with Crippen molar-refractivity contribution in [3.63, 3.8) is 0 Å². The molecule has 2 rings (SSSR count). The molecule has 7 nitrogen and oxygen atoms in total. The molecule has 0 atom stereocenters. The Bertz CT molecular complexity index is 559. The third-order valence-corrected chi connectivity index (χ3v) is 5.01. The first-order valence-electron chi connectivity index (χ1n) is 6.20. The van der Waals surface area contributed by atoms with Gasteiger partial charge in [0.15, 0.2) is 0 Å². The number of nitrogens with two attached hydrogens (primary N) is 1. The van der Waals surface area contributed by atoms with Crippen LogP contribution in [0, 0.1) is 13.8 Å². The van der Waals surface area contributed by atoms with Crippen LogP contribution < -0.4 is 16.6 Å². The maximum absolute atomic E-state index is 11.4. The minimum atomic E-state index is -2.84. The Morgan fingerprint density at radius 3 is 2.32 bits per heavy atom. The number of hydrogen-bond acceptors (Lipinski definition) is 7. The van der Waals surface area contributed by atoms with E-state index >= 15 is 0 Å². The summed E-state index contributed by atoms with van der Waals surface area (Å²) in [6, 6.07) is 0.127. The number of hydrazine groups is 1. The lowest BCUT2D eigenvalue weighted by atomic mass is 10.1. The van der Waals surface area contributed by atoms with E-state index in [4.69, 9.17) is 5.84 Å². The highest BCUT2D eigenvalue weighted by molar-refractivity contribution is 7.91. The van der Waals surface area contributed by atoms with Crippen LogP contribution in [0.3, 0.4) is 0 Å². The van der Waals surface area contributed by atoms with Crippen LogP contribution in [0.15, 0.2) is 0 Å². The van der Waals surface area contributed by atoms with E-state index < -0.39 is 9.84 Å². The van der Waals surface area contributed by atoms with Crippen molar-refractivity contribution in [2.75, 3.05) is 22.2 Å². The first-order chi connectivity index (χ1) is 8.91. The third-order valence-electron chi connectivity index (χ3n) is 3.29. The van der Waals surface area contributed by atoms with Gasteiger partial charge in [-0.25, -0.2) is 24.2 Å². The zero-order chi connectivity index (χ0) is 14.0. The quantitative estimate of drug-likeness (QED) is 0.543. The molecule has 1 aliphatic rings. The number of nitrogen functional groups attached to an aromatic ring is 1. The largest absolute Gasteiger partial charge is 0.367 e. The summed E-state index contributed by atoms with van der Waals surface area (Å²) < 4.78 is 22.8. The van der Waals surface area contributed by atoms with E-state index in [-0.39, 0.29) is 17.5 Å². The molecule has 1 aromatic heterocycles. The van der Waals surface area contributed by atoms with E-state index in [0.29, 0.717) is 30.3 Å². The summed E-state index contributed by atoms with van der Waals surface area (Å²) in [7, 11) is -2.84. The second kappa shape index (κ2) is 5.30. The van der Waals surface area contributed by atoms with Gasteiger partial charge in [-0.05, 0) is 26.7 Å². The minimum Gasteiger partial charge on any atom is -0.367 e. The van der Waals surface area contributed by atoms with Gasteiger partial charge in [-0.2, -0.15) is 0 Å². The number of rotatable bonds is 3. The van der Waals surface area contributed by atoms with Crippen molar-refractivity contribution in [2.24, 2.45) is 5.84 Å². The number of aromatic nitrogens is 2. The molecule has 2 heterocycles. The SMILES string of the molecule is Cc1nc(NN)c(C)c(NC2CCS(=O)(=O)CC2)n1. The number of nitrogens with zero attached hydrogens (tertiary/aromatic N) is 2. The second-order valence-electron chi connectivity index (χ2n) is 4.81. The molecule has 1 saturated heterocycles. The predicted molar refractivity (Wildman–Crippen MR) is 74.6 cm³/mol. The van der Waals surface area contributed by atoms with Crippen LogP contribution >= 0.6 is 0 Å². The molecule has 0 bridgehead atoms. The van der Waals surface area contributed by atoms with Crippen LogP contribution in [-0.4, -0.2) is 35.9 Å². The van der Waals surface area contributed by atoms with Gasteiger partial charge >= 0.3 is 0 Å². The molecule has 0 amide bonds. The summed E-state index contributed by atoms with van der Waals surface area (Å²) in [5, 5.41) is 3.29. The van der Waals surface area contributed by atoms with E-state index in [1.807, 2.05) is 6.92 Å². The Balaban J connectivity index is 2.14. The fourth-order valence-corrected chi connectivity index (χ4v) is 3.63. The summed E-state index contributed by atoms with van der Waals surface area (Å²) in [5.74, 6) is 7.78. The molecule has 0 radical (unpaired) electrons. The van der Waals surface area contributed by atoms with Crippen molar-refractivity contribution in [3.8, 4) is 0 Å². The standard InChI is InChI=1S/C11H19N5O2S/c1-7-10(13-8(2)14-11(7)16-12)15-9-3-5-19(17,18)6-4-9/h9H,3-6,12H2,1-2H3,(H2,13,14,15,16). The monoisotopic (exact) mass is 285 g/mol. The highest BCUT2D eigenvalue weighted by Gasteiger charge is 2.24. The molecule has 4 N–H and O–H groups in total. The van der Waals surface area contributed by atoms with Crippen LogP contribution in [0.1, 0.15) is 24.2 Å². The molecular formula is C11H19N5O2S. The van der Waals surface area contributed by atoms with Gasteiger partial charge in [0.05, 0.1) is 11.5 Å².